The molecule has 2 aromatic heterocycles. The quantitative estimate of drug-likeness (QED) is 0.127. The minimum absolute atomic E-state index is 0.229. The number of allylic oxidation sites excluding steroid dienone is 2. The van der Waals surface area contributed by atoms with E-state index < -0.39 is 17.5 Å². The van der Waals surface area contributed by atoms with Gasteiger partial charge < -0.3 is 23.3 Å². The maximum absolute atomic E-state index is 13.4. The van der Waals surface area contributed by atoms with Crippen molar-refractivity contribution in [3.63, 3.8) is 0 Å². The topological polar surface area (TPSA) is 71.7 Å². The Hall–Kier alpha value is -6.02. The van der Waals surface area contributed by atoms with Crippen LogP contribution in [0.25, 0.3) is 40.3 Å². The summed E-state index contributed by atoms with van der Waals surface area (Å²) in [5.41, 5.74) is 7.23. The van der Waals surface area contributed by atoms with Gasteiger partial charge in [-0.2, -0.15) is 0 Å². The van der Waals surface area contributed by atoms with Gasteiger partial charge in [0.2, 0.25) is 0 Å². The fourth-order valence-electron chi connectivity index (χ4n) is 7.85. The summed E-state index contributed by atoms with van der Waals surface area (Å²) in [6.45, 7) is 13.9. The molecule has 2 atom stereocenters. The fraction of sp³-hybridized carbons (Fsp3) is 0.156. The zero-order valence-electron chi connectivity index (χ0n) is 28.8. The van der Waals surface area contributed by atoms with E-state index in [-0.39, 0.29) is 23.9 Å². The van der Waals surface area contributed by atoms with Crippen LogP contribution in [0, 0.1) is 0 Å². The van der Waals surface area contributed by atoms with Gasteiger partial charge >= 0.3 is 11.9 Å². The van der Waals surface area contributed by atoms with Crippen molar-refractivity contribution in [3.05, 3.63) is 174 Å². The SMILES string of the molecule is C=C/C=C1\C=Cc2cccc(c2)C1(OC[C@@H]1CCn2cc(c(C=C)c2C=C)C2=C(C(=O)OC2=O)c2cn(c3ccccc23)CCO1)c1ccccc1. The first-order valence-corrected chi connectivity index (χ1v) is 17.5. The van der Waals surface area contributed by atoms with Gasteiger partial charge in [0.05, 0.1) is 30.5 Å². The van der Waals surface area contributed by atoms with Crippen molar-refractivity contribution in [1.29, 1.82) is 0 Å². The maximum atomic E-state index is 13.4. The molecule has 1 aliphatic carbocycles. The molecule has 6 bridgehead atoms. The monoisotopic (exact) mass is 686 g/mol. The number of carbonyl (C=O) groups is 2. The van der Waals surface area contributed by atoms with E-state index in [1.807, 2.05) is 65.5 Å². The number of cyclic esters (lactones) is 2. The Bertz CT molecular complexity index is 2370. The average Bonchev–Trinajstić information content (AvgIpc) is 3.79. The van der Waals surface area contributed by atoms with Crippen LogP contribution in [0.1, 0.15) is 45.5 Å². The minimum atomic E-state index is -0.923. The van der Waals surface area contributed by atoms with Crippen molar-refractivity contribution in [3.8, 4) is 0 Å². The van der Waals surface area contributed by atoms with Gasteiger partial charge in [0.1, 0.15) is 5.60 Å². The molecule has 3 aromatic carbocycles. The minimum Gasteiger partial charge on any atom is -0.386 e. The van der Waals surface area contributed by atoms with Crippen molar-refractivity contribution in [2.45, 2.75) is 31.2 Å². The van der Waals surface area contributed by atoms with Crippen LogP contribution < -0.4 is 0 Å². The summed E-state index contributed by atoms with van der Waals surface area (Å²) in [5, 5.41) is 0.843. The molecule has 0 saturated carbocycles. The number of carbonyl (C=O) groups excluding carboxylic acids is 2. The summed E-state index contributed by atoms with van der Waals surface area (Å²) in [5.74, 6) is -1.34. The van der Waals surface area contributed by atoms with E-state index in [2.05, 4.69) is 72.9 Å². The number of rotatable bonds is 7. The zero-order chi connectivity index (χ0) is 35.8. The molecule has 2 aliphatic heterocycles. The van der Waals surface area contributed by atoms with Crippen LogP contribution in [0.4, 0.5) is 0 Å². The standard InChI is InChI=1S/C45H38N2O5/c1-4-13-31-21-20-30-14-12-17-33(26-30)45(31,32-15-8-7-9-16-32)51-29-34-22-23-46-27-37(35(5-2)39(46)6-3)41-42(44(49)52-43(41)48)38-28-47(24-25-50-34)40-19-11-10-18-36(38)40/h4-21,26-28,34H,1-3,22-25,29H2/b31-13+/t34-,45?/m0/s1. The molecule has 4 heterocycles. The molecular formula is C45H38N2O5. The number of para-hydroxylation sites is 1. The van der Waals surface area contributed by atoms with Gasteiger partial charge in [0, 0.05) is 58.8 Å². The lowest BCUT2D eigenvalue weighted by molar-refractivity contribution is -0.149. The average molecular weight is 687 g/mol. The van der Waals surface area contributed by atoms with Crippen molar-refractivity contribution in [2.75, 3.05) is 13.2 Å². The molecule has 258 valence electrons. The van der Waals surface area contributed by atoms with Gasteiger partial charge in [-0.15, -0.1) is 0 Å². The molecule has 7 heteroatoms. The lowest BCUT2D eigenvalue weighted by atomic mass is 9.80. The summed E-state index contributed by atoms with van der Waals surface area (Å²) in [4.78, 5) is 26.8. The smallest absolute Gasteiger partial charge is 0.347 e. The van der Waals surface area contributed by atoms with Gasteiger partial charge in [-0.05, 0) is 46.9 Å². The molecule has 0 spiro atoms. The Morgan fingerprint density at radius 3 is 2.35 bits per heavy atom. The Kier molecular flexibility index (Phi) is 8.67. The van der Waals surface area contributed by atoms with Gasteiger partial charge in [0.25, 0.3) is 0 Å². The molecule has 0 fully saturated rings. The first-order chi connectivity index (χ1) is 25.5. The lowest BCUT2D eigenvalue weighted by Gasteiger charge is -2.37. The molecule has 7 nitrogen and oxygen atoms in total. The number of aryl methyl sites for hydroxylation is 1. The molecule has 8 rings (SSSR count). The molecule has 1 unspecified atom stereocenters. The first-order valence-electron chi connectivity index (χ1n) is 17.5. The number of ether oxygens (including phenoxy) is 3. The van der Waals surface area contributed by atoms with Crippen molar-refractivity contribution < 1.29 is 23.8 Å². The highest BCUT2D eigenvalue weighted by Gasteiger charge is 2.41. The maximum Gasteiger partial charge on any atom is 0.347 e. The van der Waals surface area contributed by atoms with Gasteiger partial charge in [-0.1, -0.05) is 117 Å². The predicted octanol–water partition coefficient (Wildman–Crippen LogP) is 8.61. The van der Waals surface area contributed by atoms with Crippen LogP contribution >= 0.6 is 0 Å². The van der Waals surface area contributed by atoms with E-state index in [0.29, 0.717) is 42.8 Å². The summed E-state index contributed by atoms with van der Waals surface area (Å²) >= 11 is 0. The Labute approximate surface area is 302 Å². The summed E-state index contributed by atoms with van der Waals surface area (Å²) in [7, 11) is 0. The van der Waals surface area contributed by atoms with Crippen LogP contribution in [-0.2, 0) is 42.5 Å². The van der Waals surface area contributed by atoms with Crippen LogP contribution in [0.5, 0.6) is 0 Å². The number of fused-ring (bicyclic) bond motifs is 11. The van der Waals surface area contributed by atoms with E-state index in [9.17, 15) is 9.59 Å². The van der Waals surface area contributed by atoms with Crippen LogP contribution in [-0.4, -0.2) is 40.4 Å². The molecule has 0 amide bonds. The van der Waals surface area contributed by atoms with Gasteiger partial charge in [-0.25, -0.2) is 9.59 Å². The van der Waals surface area contributed by atoms with Crippen molar-refractivity contribution in [1.82, 2.24) is 9.13 Å². The summed E-state index contributed by atoms with van der Waals surface area (Å²) in [6.07, 6.45) is 15.5. The van der Waals surface area contributed by atoms with Crippen LogP contribution in [0.3, 0.4) is 0 Å². The number of nitrogens with zero attached hydrogens (tertiary/aromatic N) is 2. The Balaban J connectivity index is 1.24. The normalized spacial score (nSPS) is 20.7. The van der Waals surface area contributed by atoms with E-state index in [0.717, 1.165) is 38.9 Å². The first kappa shape index (κ1) is 33.1. The second kappa shape index (κ2) is 13.6. The predicted molar refractivity (Wildman–Crippen MR) is 206 cm³/mol. The fourth-order valence-corrected chi connectivity index (χ4v) is 7.85. The number of hydrogen-bond acceptors (Lipinski definition) is 5. The number of aromatic nitrogens is 2. The number of esters is 2. The third kappa shape index (κ3) is 5.46. The van der Waals surface area contributed by atoms with Crippen molar-refractivity contribution in [2.24, 2.45) is 0 Å². The molecule has 52 heavy (non-hydrogen) atoms. The van der Waals surface area contributed by atoms with Crippen LogP contribution in [0.15, 0.2) is 135 Å². The van der Waals surface area contributed by atoms with Gasteiger partial charge in [0.15, 0.2) is 0 Å². The Morgan fingerprint density at radius 1 is 0.808 bits per heavy atom. The van der Waals surface area contributed by atoms with E-state index in [4.69, 9.17) is 14.2 Å². The zero-order valence-corrected chi connectivity index (χ0v) is 28.8. The molecule has 0 radical (unpaired) electrons. The molecule has 5 aromatic rings. The third-order valence-electron chi connectivity index (χ3n) is 10.2. The molecule has 0 N–H and O–H groups in total. The highest BCUT2D eigenvalue weighted by Crippen LogP contribution is 2.44. The summed E-state index contributed by atoms with van der Waals surface area (Å²) in [6, 6.07) is 26.6. The molecular weight excluding hydrogens is 649 g/mol. The number of benzene rings is 3. The third-order valence-corrected chi connectivity index (χ3v) is 10.2. The summed E-state index contributed by atoms with van der Waals surface area (Å²) < 4.78 is 23.4. The van der Waals surface area contributed by atoms with Crippen molar-refractivity contribution >= 4 is 52.2 Å². The van der Waals surface area contributed by atoms with Crippen LogP contribution in [0.2, 0.25) is 0 Å². The Morgan fingerprint density at radius 2 is 1.56 bits per heavy atom. The second-order valence-electron chi connectivity index (χ2n) is 13.1. The van der Waals surface area contributed by atoms with E-state index in [1.54, 1.807) is 18.2 Å². The number of hydrogen-bond donors (Lipinski definition) is 0. The highest BCUT2D eigenvalue weighted by molar-refractivity contribution is 6.46. The largest absolute Gasteiger partial charge is 0.386 e. The second-order valence-corrected chi connectivity index (χ2v) is 13.1. The highest BCUT2D eigenvalue weighted by atomic mass is 16.6. The van der Waals surface area contributed by atoms with E-state index in [1.165, 1.54) is 0 Å². The lowest BCUT2D eigenvalue weighted by Crippen LogP contribution is -2.37. The van der Waals surface area contributed by atoms with Gasteiger partial charge in [-0.3, -0.25) is 0 Å². The molecule has 3 aliphatic rings. The van der Waals surface area contributed by atoms with E-state index >= 15 is 0 Å². The molecule has 0 saturated heterocycles.